The second kappa shape index (κ2) is 12.7. The molecule has 0 spiro atoms. The Morgan fingerprint density at radius 2 is 1.53 bits per heavy atom. The number of amides is 2. The van der Waals surface area contributed by atoms with Crippen LogP contribution in [0.25, 0.3) is 10.9 Å². The predicted octanol–water partition coefficient (Wildman–Crippen LogP) is 7.71. The summed E-state index contributed by atoms with van der Waals surface area (Å²) in [5.41, 5.74) is 4.03. The molecule has 5 rings (SSSR count). The normalized spacial score (nSPS) is 16.3. The minimum atomic E-state index is -1.23. The van der Waals surface area contributed by atoms with E-state index in [-0.39, 0.29) is 23.3 Å². The number of para-hydroxylation sites is 1. The number of aromatic nitrogens is 1. The minimum Gasteiger partial charge on any atom is -0.445 e. The van der Waals surface area contributed by atoms with Gasteiger partial charge in [-0.3, -0.25) is 4.79 Å². The molecule has 4 aromatic rings. The van der Waals surface area contributed by atoms with Crippen molar-refractivity contribution in [2.24, 2.45) is 0 Å². The SMILES string of the molecule is CC(Cc1c[nH]c2ccccc12)(NC(=O)OCc1ccc(C(C)(C)C)cc1)C(=O)NCC1(c2ccccc2)CCCCC1. The molecule has 0 saturated heterocycles. The molecule has 0 bridgehead atoms. The number of H-pyrrole nitrogens is 1. The van der Waals surface area contributed by atoms with Gasteiger partial charge in [0.25, 0.3) is 0 Å². The standard InChI is InChI=1S/C37H45N3O3/c1-35(2,3)29-19-17-27(18-20-29)25-43-34(42)40-36(4,23-28-24-38-32-16-10-9-15-31(28)32)33(41)39-26-37(21-11-6-12-22-37)30-13-7-5-8-14-30/h5,7-10,13-20,24,38H,6,11-12,21-23,25-26H2,1-4H3,(H,39,41)(H,40,42). The summed E-state index contributed by atoms with van der Waals surface area (Å²) in [5, 5.41) is 7.26. The fourth-order valence-corrected chi connectivity index (χ4v) is 6.38. The molecular formula is C37H45N3O3. The van der Waals surface area contributed by atoms with Gasteiger partial charge in [-0.15, -0.1) is 0 Å². The lowest BCUT2D eigenvalue weighted by Gasteiger charge is -2.39. The van der Waals surface area contributed by atoms with Crippen LogP contribution in [-0.4, -0.2) is 29.1 Å². The number of hydrogen-bond acceptors (Lipinski definition) is 3. The van der Waals surface area contributed by atoms with Crippen molar-refractivity contribution in [1.29, 1.82) is 0 Å². The molecule has 0 aliphatic heterocycles. The van der Waals surface area contributed by atoms with Crippen molar-refractivity contribution in [3.8, 4) is 0 Å². The molecule has 1 heterocycles. The van der Waals surface area contributed by atoms with Crippen molar-refractivity contribution < 1.29 is 14.3 Å². The highest BCUT2D eigenvalue weighted by Crippen LogP contribution is 2.39. The molecule has 6 heteroatoms. The Hall–Kier alpha value is -4.06. The topological polar surface area (TPSA) is 83.2 Å². The lowest BCUT2D eigenvalue weighted by Crippen LogP contribution is -2.59. The summed E-state index contributed by atoms with van der Waals surface area (Å²) in [6.45, 7) is 8.94. The summed E-state index contributed by atoms with van der Waals surface area (Å²) >= 11 is 0. The highest BCUT2D eigenvalue weighted by atomic mass is 16.5. The van der Waals surface area contributed by atoms with E-state index in [9.17, 15) is 9.59 Å². The second-order valence-corrected chi connectivity index (χ2v) is 13.4. The summed E-state index contributed by atoms with van der Waals surface area (Å²) in [5.74, 6) is -0.217. The van der Waals surface area contributed by atoms with Gasteiger partial charge in [0.2, 0.25) is 5.91 Å². The summed E-state index contributed by atoms with van der Waals surface area (Å²) in [7, 11) is 0. The first-order chi connectivity index (χ1) is 20.6. The van der Waals surface area contributed by atoms with Gasteiger partial charge in [0.05, 0.1) is 0 Å². The number of nitrogens with one attached hydrogen (secondary N) is 3. The number of aromatic amines is 1. The molecule has 1 fully saturated rings. The van der Waals surface area contributed by atoms with Crippen LogP contribution in [0, 0.1) is 0 Å². The molecule has 1 aliphatic rings. The average Bonchev–Trinajstić information content (AvgIpc) is 3.41. The van der Waals surface area contributed by atoms with Gasteiger partial charge in [-0.2, -0.15) is 0 Å². The fraction of sp³-hybridized carbons (Fsp3) is 0.405. The molecule has 43 heavy (non-hydrogen) atoms. The highest BCUT2D eigenvalue weighted by molar-refractivity contribution is 5.91. The summed E-state index contributed by atoms with van der Waals surface area (Å²) in [6, 6.07) is 26.6. The average molecular weight is 580 g/mol. The van der Waals surface area contributed by atoms with Gasteiger partial charge >= 0.3 is 6.09 Å². The van der Waals surface area contributed by atoms with Crippen LogP contribution in [0.5, 0.6) is 0 Å². The molecular weight excluding hydrogens is 534 g/mol. The van der Waals surface area contributed by atoms with E-state index in [1.807, 2.05) is 48.7 Å². The number of alkyl carbamates (subject to hydrolysis) is 1. The minimum absolute atomic E-state index is 0.0467. The number of fused-ring (bicyclic) bond motifs is 1. The molecule has 6 nitrogen and oxygen atoms in total. The molecule has 1 atom stereocenters. The maximum absolute atomic E-state index is 14.1. The van der Waals surface area contributed by atoms with E-state index >= 15 is 0 Å². The van der Waals surface area contributed by atoms with Crippen molar-refractivity contribution in [3.63, 3.8) is 0 Å². The Morgan fingerprint density at radius 3 is 2.23 bits per heavy atom. The molecule has 1 unspecified atom stereocenters. The molecule has 1 saturated carbocycles. The van der Waals surface area contributed by atoms with Gasteiger partial charge in [-0.1, -0.05) is 113 Å². The summed E-state index contributed by atoms with van der Waals surface area (Å²) < 4.78 is 5.65. The van der Waals surface area contributed by atoms with Crippen LogP contribution >= 0.6 is 0 Å². The van der Waals surface area contributed by atoms with Crippen molar-refractivity contribution >= 4 is 22.9 Å². The predicted molar refractivity (Wildman–Crippen MR) is 173 cm³/mol. The molecule has 0 radical (unpaired) electrons. The van der Waals surface area contributed by atoms with E-state index in [2.05, 4.69) is 72.8 Å². The van der Waals surface area contributed by atoms with Gasteiger partial charge in [-0.05, 0) is 53.5 Å². The number of ether oxygens (including phenoxy) is 1. The molecule has 1 aliphatic carbocycles. The van der Waals surface area contributed by atoms with Crippen molar-refractivity contribution in [3.05, 3.63) is 107 Å². The van der Waals surface area contributed by atoms with Crippen LogP contribution in [0.4, 0.5) is 4.79 Å². The van der Waals surface area contributed by atoms with Crippen LogP contribution in [0.2, 0.25) is 0 Å². The quantitative estimate of drug-likeness (QED) is 0.190. The zero-order chi connectivity index (χ0) is 30.5. The number of benzene rings is 3. The Balaban J connectivity index is 1.34. The third kappa shape index (κ3) is 7.12. The van der Waals surface area contributed by atoms with E-state index in [1.54, 1.807) is 6.92 Å². The molecule has 3 aromatic carbocycles. The van der Waals surface area contributed by atoms with Crippen LogP contribution < -0.4 is 10.6 Å². The van der Waals surface area contributed by atoms with E-state index < -0.39 is 11.6 Å². The summed E-state index contributed by atoms with van der Waals surface area (Å²) in [4.78, 5) is 30.6. The monoisotopic (exact) mass is 579 g/mol. The van der Waals surface area contributed by atoms with Crippen molar-refractivity contribution in [1.82, 2.24) is 15.6 Å². The lowest BCUT2D eigenvalue weighted by atomic mass is 9.69. The smallest absolute Gasteiger partial charge is 0.408 e. The van der Waals surface area contributed by atoms with Crippen LogP contribution in [-0.2, 0) is 33.4 Å². The molecule has 2 amide bonds. The van der Waals surface area contributed by atoms with Gasteiger partial charge in [-0.25, -0.2) is 4.79 Å². The number of carbonyl (C=O) groups excluding carboxylic acids is 2. The molecule has 3 N–H and O–H groups in total. The Kier molecular flexibility index (Phi) is 8.95. The number of carbonyl (C=O) groups is 2. The van der Waals surface area contributed by atoms with E-state index in [0.717, 1.165) is 47.7 Å². The first kappa shape index (κ1) is 30.4. The Morgan fingerprint density at radius 1 is 0.860 bits per heavy atom. The van der Waals surface area contributed by atoms with Crippen LogP contribution in [0.3, 0.4) is 0 Å². The van der Waals surface area contributed by atoms with Gasteiger partial charge in [0.1, 0.15) is 12.1 Å². The zero-order valence-corrected chi connectivity index (χ0v) is 26.0. The third-order valence-corrected chi connectivity index (χ3v) is 9.07. The van der Waals surface area contributed by atoms with E-state index in [1.165, 1.54) is 17.5 Å². The van der Waals surface area contributed by atoms with Gasteiger partial charge < -0.3 is 20.4 Å². The summed E-state index contributed by atoms with van der Waals surface area (Å²) in [6.07, 6.45) is 7.17. The Labute approximate surface area is 255 Å². The first-order valence-electron chi connectivity index (χ1n) is 15.5. The Bertz CT molecular complexity index is 1530. The zero-order valence-electron chi connectivity index (χ0n) is 26.0. The fourth-order valence-electron chi connectivity index (χ4n) is 6.38. The maximum atomic E-state index is 14.1. The number of rotatable bonds is 9. The van der Waals surface area contributed by atoms with Crippen LogP contribution in [0.1, 0.15) is 82.1 Å². The largest absolute Gasteiger partial charge is 0.445 e. The molecule has 226 valence electrons. The van der Waals surface area contributed by atoms with Crippen LogP contribution in [0.15, 0.2) is 85.1 Å². The second-order valence-electron chi connectivity index (χ2n) is 13.4. The van der Waals surface area contributed by atoms with E-state index in [4.69, 9.17) is 4.74 Å². The maximum Gasteiger partial charge on any atom is 0.408 e. The van der Waals surface area contributed by atoms with Gasteiger partial charge in [0.15, 0.2) is 0 Å². The highest BCUT2D eigenvalue weighted by Gasteiger charge is 2.40. The van der Waals surface area contributed by atoms with Crippen molar-refractivity contribution in [2.45, 2.75) is 89.2 Å². The van der Waals surface area contributed by atoms with E-state index in [0.29, 0.717) is 13.0 Å². The van der Waals surface area contributed by atoms with Gasteiger partial charge in [0, 0.05) is 35.5 Å². The van der Waals surface area contributed by atoms with Crippen molar-refractivity contribution in [2.75, 3.05) is 6.54 Å². The molecule has 1 aromatic heterocycles. The lowest BCUT2D eigenvalue weighted by molar-refractivity contribution is -0.127. The third-order valence-electron chi connectivity index (χ3n) is 9.07. The number of hydrogen-bond donors (Lipinski definition) is 3. The first-order valence-corrected chi connectivity index (χ1v) is 15.5.